The van der Waals surface area contributed by atoms with Gasteiger partial charge in [-0.15, -0.1) is 0 Å². The molecule has 2 aromatic heterocycles. The zero-order valence-corrected chi connectivity index (χ0v) is 12.5. The number of methoxy groups -OCH3 is 1. The summed E-state index contributed by atoms with van der Waals surface area (Å²) >= 11 is 5.89. The quantitative estimate of drug-likeness (QED) is 0.712. The van der Waals surface area contributed by atoms with Gasteiger partial charge in [-0.3, -0.25) is 0 Å². The summed E-state index contributed by atoms with van der Waals surface area (Å²) in [5, 5.41) is 4.81. The van der Waals surface area contributed by atoms with E-state index in [0.29, 0.717) is 5.15 Å². The molecular weight excluding hydrogens is 288 g/mol. The van der Waals surface area contributed by atoms with E-state index in [0.717, 1.165) is 28.2 Å². The minimum atomic E-state index is 0.000530. The second kappa shape index (κ2) is 5.66. The van der Waals surface area contributed by atoms with Gasteiger partial charge in [-0.25, -0.2) is 4.98 Å². The molecule has 1 unspecified atom stereocenters. The molecule has 108 valence electrons. The molecule has 0 bridgehead atoms. The Bertz CT molecular complexity index is 770. The number of nitrogens with zero attached hydrogens (tertiary/aromatic N) is 1. The second-order valence-corrected chi connectivity index (χ2v) is 5.15. The number of fused-ring (bicyclic) bond motifs is 1. The molecule has 1 aromatic carbocycles. The first-order valence-electron chi connectivity index (χ1n) is 6.62. The van der Waals surface area contributed by atoms with Gasteiger partial charge < -0.3 is 14.5 Å². The van der Waals surface area contributed by atoms with Crippen molar-refractivity contribution in [3.8, 4) is 5.75 Å². The predicted molar refractivity (Wildman–Crippen MR) is 84.1 cm³/mol. The van der Waals surface area contributed by atoms with Gasteiger partial charge in [0.2, 0.25) is 0 Å². The maximum atomic E-state index is 5.92. The highest BCUT2D eigenvalue weighted by atomic mass is 35.5. The number of rotatable bonds is 4. The van der Waals surface area contributed by atoms with Crippen LogP contribution in [0.3, 0.4) is 0 Å². The lowest BCUT2D eigenvalue weighted by atomic mass is 10.2. The van der Waals surface area contributed by atoms with Gasteiger partial charge in [-0.05, 0) is 31.2 Å². The maximum Gasteiger partial charge on any atom is 0.176 e. The van der Waals surface area contributed by atoms with Crippen molar-refractivity contribution in [2.45, 2.75) is 13.0 Å². The van der Waals surface area contributed by atoms with Crippen molar-refractivity contribution in [1.29, 1.82) is 0 Å². The molecule has 3 rings (SSSR count). The molecular formula is C16H15ClN2O2. The first-order valence-corrected chi connectivity index (χ1v) is 6.99. The molecule has 0 saturated carbocycles. The van der Waals surface area contributed by atoms with Gasteiger partial charge in [-0.1, -0.05) is 23.7 Å². The lowest BCUT2D eigenvalue weighted by Crippen LogP contribution is -2.05. The highest BCUT2D eigenvalue weighted by Crippen LogP contribution is 2.32. The Kier molecular flexibility index (Phi) is 3.71. The van der Waals surface area contributed by atoms with Crippen LogP contribution in [0.25, 0.3) is 11.0 Å². The molecule has 21 heavy (non-hydrogen) atoms. The topological polar surface area (TPSA) is 47.3 Å². The zero-order valence-electron chi connectivity index (χ0n) is 11.8. The largest absolute Gasteiger partial charge is 0.493 e. The van der Waals surface area contributed by atoms with Crippen molar-refractivity contribution >= 4 is 28.3 Å². The third-order valence-corrected chi connectivity index (χ3v) is 3.49. The molecule has 0 aliphatic carbocycles. The molecule has 4 nitrogen and oxygen atoms in total. The Morgan fingerprint density at radius 2 is 2.14 bits per heavy atom. The summed E-state index contributed by atoms with van der Waals surface area (Å²) in [6.07, 6.45) is 1.67. The number of pyridine rings is 1. The van der Waals surface area contributed by atoms with Gasteiger partial charge in [0.05, 0.1) is 13.2 Å². The summed E-state index contributed by atoms with van der Waals surface area (Å²) in [5.74, 6) is 1.57. The number of nitrogens with one attached hydrogen (secondary N) is 1. The summed E-state index contributed by atoms with van der Waals surface area (Å²) in [4.78, 5) is 3.96. The number of ether oxygens (including phenoxy) is 1. The molecule has 0 amide bonds. The van der Waals surface area contributed by atoms with Gasteiger partial charge in [0.25, 0.3) is 0 Å². The number of hydrogen-bond donors (Lipinski definition) is 1. The smallest absolute Gasteiger partial charge is 0.176 e. The Balaban J connectivity index is 1.89. The minimum Gasteiger partial charge on any atom is -0.493 e. The number of halogens is 1. The fraction of sp³-hybridized carbons (Fsp3) is 0.188. The molecule has 0 saturated heterocycles. The van der Waals surface area contributed by atoms with E-state index in [-0.39, 0.29) is 6.04 Å². The fourth-order valence-corrected chi connectivity index (χ4v) is 2.42. The third-order valence-electron chi connectivity index (χ3n) is 3.28. The van der Waals surface area contributed by atoms with E-state index < -0.39 is 0 Å². The number of furan rings is 1. The first kappa shape index (κ1) is 13.8. The standard InChI is InChI=1S/C16H15ClN2O2/c1-10(19-12-6-7-18-15(17)9-12)14-8-11-4-3-5-13(20-2)16(11)21-14/h3-10H,1-2H3,(H,18,19). The number of aromatic nitrogens is 1. The molecule has 1 N–H and O–H groups in total. The first-order chi connectivity index (χ1) is 10.2. The summed E-state index contributed by atoms with van der Waals surface area (Å²) in [7, 11) is 1.64. The summed E-state index contributed by atoms with van der Waals surface area (Å²) in [5.41, 5.74) is 1.66. The normalized spacial score (nSPS) is 12.3. The van der Waals surface area contributed by atoms with Crippen LogP contribution in [0.5, 0.6) is 5.75 Å². The van der Waals surface area contributed by atoms with Crippen LogP contribution in [-0.4, -0.2) is 12.1 Å². The summed E-state index contributed by atoms with van der Waals surface area (Å²) in [6.45, 7) is 2.03. The Hall–Kier alpha value is -2.20. The van der Waals surface area contributed by atoms with Crippen molar-refractivity contribution in [3.63, 3.8) is 0 Å². The van der Waals surface area contributed by atoms with Crippen molar-refractivity contribution in [2.24, 2.45) is 0 Å². The third kappa shape index (κ3) is 2.81. The van der Waals surface area contributed by atoms with Gasteiger partial charge in [-0.2, -0.15) is 0 Å². The summed E-state index contributed by atoms with van der Waals surface area (Å²) < 4.78 is 11.2. The molecule has 2 heterocycles. The number of para-hydroxylation sites is 1. The van der Waals surface area contributed by atoms with E-state index >= 15 is 0 Å². The SMILES string of the molecule is COc1cccc2cc(C(C)Nc3ccnc(Cl)c3)oc12. The molecule has 1 atom stereocenters. The van der Waals surface area contributed by atoms with E-state index in [1.165, 1.54) is 0 Å². The van der Waals surface area contributed by atoms with Crippen LogP contribution in [-0.2, 0) is 0 Å². The van der Waals surface area contributed by atoms with Crippen molar-refractivity contribution in [2.75, 3.05) is 12.4 Å². The monoisotopic (exact) mass is 302 g/mol. The van der Waals surface area contributed by atoms with Gasteiger partial charge >= 0.3 is 0 Å². The fourth-order valence-electron chi connectivity index (χ4n) is 2.24. The molecule has 0 aliphatic heterocycles. The lowest BCUT2D eigenvalue weighted by Gasteiger charge is -2.12. The highest BCUT2D eigenvalue weighted by Gasteiger charge is 2.14. The Morgan fingerprint density at radius 3 is 2.90 bits per heavy atom. The number of hydrogen-bond acceptors (Lipinski definition) is 4. The van der Waals surface area contributed by atoms with Crippen LogP contribution in [0.15, 0.2) is 47.0 Å². The molecule has 0 radical (unpaired) electrons. The van der Waals surface area contributed by atoms with E-state index in [1.807, 2.05) is 37.3 Å². The van der Waals surface area contributed by atoms with Crippen LogP contribution in [0.4, 0.5) is 5.69 Å². The van der Waals surface area contributed by atoms with E-state index in [4.69, 9.17) is 20.8 Å². The van der Waals surface area contributed by atoms with Crippen molar-refractivity contribution in [3.05, 3.63) is 53.5 Å². The van der Waals surface area contributed by atoms with Gasteiger partial charge in [0.15, 0.2) is 11.3 Å². The minimum absolute atomic E-state index is 0.000530. The molecule has 0 spiro atoms. The molecule has 5 heteroatoms. The van der Waals surface area contributed by atoms with Crippen LogP contribution in [0, 0.1) is 0 Å². The number of anilines is 1. The Labute approximate surface area is 127 Å². The van der Waals surface area contributed by atoms with E-state index in [1.54, 1.807) is 19.4 Å². The van der Waals surface area contributed by atoms with Crippen LogP contribution in [0.2, 0.25) is 5.15 Å². The van der Waals surface area contributed by atoms with Gasteiger partial charge in [0.1, 0.15) is 10.9 Å². The summed E-state index contributed by atoms with van der Waals surface area (Å²) in [6, 6.07) is 11.5. The van der Waals surface area contributed by atoms with Crippen LogP contribution >= 0.6 is 11.6 Å². The average molecular weight is 303 g/mol. The average Bonchev–Trinajstić information content (AvgIpc) is 2.91. The molecule has 0 fully saturated rings. The van der Waals surface area contributed by atoms with Gasteiger partial charge in [0, 0.05) is 17.3 Å². The molecule has 3 aromatic rings. The zero-order chi connectivity index (χ0) is 14.8. The van der Waals surface area contributed by atoms with Crippen LogP contribution in [0.1, 0.15) is 18.7 Å². The number of benzene rings is 1. The van der Waals surface area contributed by atoms with E-state index in [2.05, 4.69) is 10.3 Å². The van der Waals surface area contributed by atoms with Crippen LogP contribution < -0.4 is 10.1 Å². The maximum absolute atomic E-state index is 5.92. The van der Waals surface area contributed by atoms with Crippen molar-refractivity contribution in [1.82, 2.24) is 4.98 Å². The Morgan fingerprint density at radius 1 is 1.29 bits per heavy atom. The van der Waals surface area contributed by atoms with Crippen molar-refractivity contribution < 1.29 is 9.15 Å². The highest BCUT2D eigenvalue weighted by molar-refractivity contribution is 6.29. The lowest BCUT2D eigenvalue weighted by molar-refractivity contribution is 0.406. The molecule has 0 aliphatic rings. The second-order valence-electron chi connectivity index (χ2n) is 4.76. The van der Waals surface area contributed by atoms with E-state index in [9.17, 15) is 0 Å². The predicted octanol–water partition coefficient (Wildman–Crippen LogP) is 4.66.